The number of rotatable bonds is 0. The monoisotopic (exact) mass is 236 g/mol. The van der Waals surface area contributed by atoms with Crippen molar-refractivity contribution < 1.29 is 29.4 Å². The van der Waals surface area contributed by atoms with E-state index in [9.17, 15) is 20.9 Å². The first-order valence-electron chi connectivity index (χ1n) is 3.16. The molecule has 0 amide bonds. The van der Waals surface area contributed by atoms with Crippen molar-refractivity contribution in [1.29, 1.82) is 0 Å². The van der Waals surface area contributed by atoms with Crippen LogP contribution < -0.4 is 0 Å². The molecule has 0 heterocycles. The summed E-state index contributed by atoms with van der Waals surface area (Å²) in [6, 6.07) is 0. The van der Waals surface area contributed by atoms with Gasteiger partial charge < -0.3 is 0 Å². The molecule has 0 aromatic carbocycles. The van der Waals surface area contributed by atoms with E-state index in [2.05, 4.69) is 0 Å². The van der Waals surface area contributed by atoms with Gasteiger partial charge in [0.25, 0.3) is 5.92 Å². The first kappa shape index (κ1) is 13.1. The molecule has 0 saturated heterocycles. The Kier molecular flexibility index (Phi) is 4.24. The summed E-state index contributed by atoms with van der Waals surface area (Å²) in [6.07, 6.45) is 1.97. The van der Waals surface area contributed by atoms with E-state index < -0.39 is 28.8 Å². The summed E-state index contributed by atoms with van der Waals surface area (Å²) in [4.78, 5) is 0. The van der Waals surface area contributed by atoms with E-state index in [0.29, 0.717) is 6.08 Å². The molecule has 0 unspecified atom stereocenters. The minimum Gasteiger partial charge on any atom is -0.212 e. The Hall–Kier alpha value is -0.920. The van der Waals surface area contributed by atoms with Crippen LogP contribution in [-0.4, -0.2) is 14.3 Å². The molecule has 0 aromatic heterocycles. The van der Waals surface area contributed by atoms with Crippen LogP contribution in [0, 0.1) is 0 Å². The fourth-order valence-electron chi connectivity index (χ4n) is 0.636. The Labute approximate surface area is 77.2 Å². The average Bonchev–Trinajstić information content (AvgIpc) is 1.78. The van der Waals surface area contributed by atoms with E-state index >= 15 is 0 Å². The van der Waals surface area contributed by atoms with Crippen LogP contribution >= 0.6 is 0 Å². The van der Waals surface area contributed by atoms with Gasteiger partial charge in [-0.05, 0) is 12.2 Å². The molecule has 0 radical (unpaired) electrons. The van der Waals surface area contributed by atoms with Gasteiger partial charge in [0.2, 0.25) is 0 Å². The summed E-state index contributed by atoms with van der Waals surface area (Å²) in [5.41, 5.74) is 0. The van der Waals surface area contributed by atoms with Gasteiger partial charge in [0, 0.05) is 0 Å². The number of hydrogen-bond donors (Lipinski definition) is 0. The highest BCUT2D eigenvalue weighted by Gasteiger charge is 2.28. The lowest BCUT2D eigenvalue weighted by Gasteiger charge is -2.11. The van der Waals surface area contributed by atoms with Gasteiger partial charge in [-0.3, -0.25) is 0 Å². The second-order valence-electron chi connectivity index (χ2n) is 2.29. The smallest absolute Gasteiger partial charge is 0.212 e. The summed E-state index contributed by atoms with van der Waals surface area (Å²) >= 11 is 0. The van der Waals surface area contributed by atoms with Crippen molar-refractivity contribution >= 4 is 10.6 Å². The highest BCUT2D eigenvalue weighted by molar-refractivity contribution is 7.81. The van der Waals surface area contributed by atoms with Crippen LogP contribution in [-0.2, 0) is 10.6 Å². The molecule has 0 fully saturated rings. The molecule has 0 N–H and O–H groups in total. The number of halogens is 5. The maximum Gasteiger partial charge on any atom is 0.476 e. The topological polar surface area (TPSA) is 34.1 Å². The molecule has 0 aliphatic heterocycles. The Bertz CT molecular complexity index is 335. The Morgan fingerprint density at radius 3 is 1.93 bits per heavy atom. The summed E-state index contributed by atoms with van der Waals surface area (Å²) in [5, 5.41) is 0. The lowest BCUT2D eigenvalue weighted by Crippen LogP contribution is -2.13. The van der Waals surface area contributed by atoms with Crippen LogP contribution in [0.5, 0.6) is 0 Å². The maximum absolute atomic E-state index is 12.1. The van der Waals surface area contributed by atoms with Gasteiger partial charge in [-0.2, -0.15) is 8.42 Å². The van der Waals surface area contributed by atoms with Crippen molar-refractivity contribution in [3.63, 3.8) is 0 Å². The first-order valence-corrected chi connectivity index (χ1v) is 4.44. The van der Waals surface area contributed by atoms with E-state index in [0.717, 1.165) is 12.2 Å². The zero-order chi connectivity index (χ0) is 11.4. The van der Waals surface area contributed by atoms with Gasteiger partial charge in [-0.25, -0.2) is 13.2 Å². The highest BCUT2D eigenvalue weighted by Crippen LogP contribution is 2.28. The minimum atomic E-state index is -5.67. The van der Waals surface area contributed by atoms with Gasteiger partial charge >= 0.3 is 10.6 Å². The summed E-state index contributed by atoms with van der Waals surface area (Å²) < 4.78 is 72.8. The predicted octanol–water partition coefficient (Wildman–Crippen LogP) is 2.61. The lowest BCUT2D eigenvalue weighted by atomic mass is 10.1. The number of allylic oxidation sites excluding steroid dienone is 4. The van der Waals surface area contributed by atoms with E-state index in [4.69, 9.17) is 8.42 Å². The zero-order valence-electron chi connectivity index (χ0n) is 6.55. The van der Waals surface area contributed by atoms with Gasteiger partial charge in [0.05, 0.1) is 6.42 Å². The largest absolute Gasteiger partial charge is 0.476 e. The van der Waals surface area contributed by atoms with Crippen molar-refractivity contribution in [2.75, 3.05) is 0 Å². The van der Waals surface area contributed by atoms with Crippen molar-refractivity contribution in [3.05, 3.63) is 24.1 Å². The molecule has 8 heteroatoms. The molecule has 1 aliphatic rings. The maximum atomic E-state index is 12.1. The van der Waals surface area contributed by atoms with Crippen LogP contribution in [0.1, 0.15) is 6.42 Å². The third kappa shape index (κ3) is 9.17. The predicted molar refractivity (Wildman–Crippen MR) is 39.0 cm³/mol. The molecule has 14 heavy (non-hydrogen) atoms. The molecular formula is C6H5F5O2S. The second-order valence-corrected chi connectivity index (χ2v) is 3.05. The molecule has 82 valence electrons. The quantitative estimate of drug-likeness (QED) is 0.478. The van der Waals surface area contributed by atoms with Gasteiger partial charge in [0.1, 0.15) is 5.83 Å². The van der Waals surface area contributed by atoms with Crippen LogP contribution in [0.15, 0.2) is 24.1 Å². The fraction of sp³-hybridized carbons (Fsp3) is 0.333. The van der Waals surface area contributed by atoms with E-state index in [1.54, 1.807) is 0 Å². The Balaban J connectivity index is 0.000000292. The molecule has 1 rings (SSSR count). The molecular weight excluding hydrogens is 231 g/mol. The zero-order valence-corrected chi connectivity index (χ0v) is 7.37. The second kappa shape index (κ2) is 4.54. The average molecular weight is 236 g/mol. The minimum absolute atomic E-state index is 0.691. The van der Waals surface area contributed by atoms with E-state index in [1.807, 2.05) is 0 Å². The lowest BCUT2D eigenvalue weighted by molar-refractivity contribution is 0.0484. The van der Waals surface area contributed by atoms with Crippen molar-refractivity contribution in [2.45, 2.75) is 12.3 Å². The number of hydrogen-bond acceptors (Lipinski definition) is 2. The summed E-state index contributed by atoms with van der Waals surface area (Å²) in [6.45, 7) is 0. The Morgan fingerprint density at radius 2 is 1.71 bits per heavy atom. The van der Waals surface area contributed by atoms with Crippen LogP contribution in [0.2, 0.25) is 0 Å². The van der Waals surface area contributed by atoms with E-state index in [1.165, 1.54) is 0 Å². The van der Waals surface area contributed by atoms with Gasteiger partial charge in [0.15, 0.2) is 0 Å². The van der Waals surface area contributed by atoms with Crippen molar-refractivity contribution in [2.24, 2.45) is 0 Å². The molecule has 0 saturated carbocycles. The highest BCUT2D eigenvalue weighted by atomic mass is 32.3. The van der Waals surface area contributed by atoms with Crippen LogP contribution in [0.4, 0.5) is 20.9 Å². The SMILES string of the molecule is FC1=CC=CC(F)(F)C1.O=S(=O)(F)F. The molecule has 0 atom stereocenters. The molecule has 0 bridgehead atoms. The Morgan fingerprint density at radius 1 is 1.29 bits per heavy atom. The first-order chi connectivity index (χ1) is 6.10. The molecule has 2 nitrogen and oxygen atoms in total. The van der Waals surface area contributed by atoms with Gasteiger partial charge in [-0.1, -0.05) is 13.8 Å². The van der Waals surface area contributed by atoms with Crippen LogP contribution in [0.3, 0.4) is 0 Å². The summed E-state index contributed by atoms with van der Waals surface area (Å²) in [5.74, 6) is -3.73. The third-order valence-electron chi connectivity index (χ3n) is 1.02. The standard InChI is InChI=1S/C6H5F3.F2O2S/c7-5-2-1-3-6(8,9)4-5;1-5(2,3)4/h1-3H,4H2;. The molecule has 0 spiro atoms. The molecule has 1 aliphatic carbocycles. The van der Waals surface area contributed by atoms with E-state index in [-0.39, 0.29) is 0 Å². The van der Waals surface area contributed by atoms with Crippen LogP contribution in [0.25, 0.3) is 0 Å². The normalized spacial score (nSPS) is 19.4. The molecule has 0 aromatic rings. The number of alkyl halides is 2. The fourth-order valence-corrected chi connectivity index (χ4v) is 0.636. The third-order valence-corrected chi connectivity index (χ3v) is 1.02. The summed E-state index contributed by atoms with van der Waals surface area (Å²) in [7, 11) is -5.67. The van der Waals surface area contributed by atoms with Crippen molar-refractivity contribution in [1.82, 2.24) is 0 Å². The van der Waals surface area contributed by atoms with Crippen molar-refractivity contribution in [3.8, 4) is 0 Å². The van der Waals surface area contributed by atoms with Gasteiger partial charge in [-0.15, -0.1) is 0 Å².